The zero-order chi connectivity index (χ0) is 6.95. The predicted octanol–water partition coefficient (Wildman–Crippen LogP) is 2.38. The molecule has 0 aromatic carbocycles. The molecule has 0 radical (unpaired) electrons. The lowest BCUT2D eigenvalue weighted by Gasteiger charge is -1.96. The molecule has 0 aliphatic carbocycles. The summed E-state index contributed by atoms with van der Waals surface area (Å²) in [6.45, 7) is 5.92. The van der Waals surface area contributed by atoms with Crippen molar-refractivity contribution in [2.45, 2.75) is 26.7 Å². The summed E-state index contributed by atoms with van der Waals surface area (Å²) >= 11 is 0. The van der Waals surface area contributed by atoms with Gasteiger partial charge in [0.05, 0.1) is 6.61 Å². The Kier molecular flexibility index (Phi) is 7.44. The third-order valence-corrected chi connectivity index (χ3v) is 1.01. The molecule has 0 saturated carbocycles. The molecule has 0 N–H and O–H groups in total. The van der Waals surface area contributed by atoms with Crippen molar-refractivity contribution in [1.82, 2.24) is 0 Å². The molecule has 0 heterocycles. The first kappa shape index (κ1) is 8.70. The minimum absolute atomic E-state index is 0.873. The number of rotatable bonds is 5. The molecule has 0 spiro atoms. The highest BCUT2D eigenvalue weighted by Crippen LogP contribution is 1.86. The van der Waals surface area contributed by atoms with E-state index in [0.29, 0.717) is 0 Å². The van der Waals surface area contributed by atoms with E-state index in [4.69, 9.17) is 4.74 Å². The predicted molar refractivity (Wildman–Crippen MR) is 40.5 cm³/mol. The largest absolute Gasteiger partial charge is 0.381 e. The molecule has 0 aliphatic heterocycles. The van der Waals surface area contributed by atoms with E-state index in [0.717, 1.165) is 26.1 Å². The number of allylic oxidation sites excluding steroid dienone is 1. The van der Waals surface area contributed by atoms with Crippen LogP contribution in [0.3, 0.4) is 0 Å². The van der Waals surface area contributed by atoms with E-state index in [9.17, 15) is 0 Å². The average Bonchev–Trinajstić information content (AvgIpc) is 1.89. The molecular weight excluding hydrogens is 112 g/mol. The molecule has 0 aromatic rings. The van der Waals surface area contributed by atoms with Gasteiger partial charge in [0, 0.05) is 6.61 Å². The number of hydrogen-bond acceptors (Lipinski definition) is 1. The summed E-state index contributed by atoms with van der Waals surface area (Å²) in [7, 11) is 0. The molecule has 0 amide bonds. The fraction of sp³-hybridized carbons (Fsp3) is 0.750. The smallest absolute Gasteiger partial charge is 0.0500 e. The van der Waals surface area contributed by atoms with Gasteiger partial charge in [0.1, 0.15) is 0 Å². The molecular formula is C8H16O. The van der Waals surface area contributed by atoms with Crippen molar-refractivity contribution in [3.05, 3.63) is 12.2 Å². The molecule has 0 rings (SSSR count). The maximum absolute atomic E-state index is 5.23. The minimum Gasteiger partial charge on any atom is -0.381 e. The number of ether oxygens (including phenoxy) is 1. The number of hydrogen-bond donors (Lipinski definition) is 0. The highest BCUT2D eigenvalue weighted by molar-refractivity contribution is 4.75. The first-order valence-corrected chi connectivity index (χ1v) is 3.60. The quantitative estimate of drug-likeness (QED) is 0.408. The van der Waals surface area contributed by atoms with Gasteiger partial charge < -0.3 is 4.74 Å². The standard InChI is InChI=1S/C8H16O/c1-3-5-6-8-9-7-4-2/h3,5H,4,6-8H2,1-2H3/b5-3-. The normalized spacial score (nSPS) is 10.9. The van der Waals surface area contributed by atoms with Crippen LogP contribution < -0.4 is 0 Å². The summed E-state index contributed by atoms with van der Waals surface area (Å²) in [4.78, 5) is 0. The van der Waals surface area contributed by atoms with Crippen LogP contribution in [0, 0.1) is 0 Å². The van der Waals surface area contributed by atoms with Crippen molar-refractivity contribution in [2.75, 3.05) is 13.2 Å². The lowest BCUT2D eigenvalue weighted by atomic mass is 10.4. The summed E-state index contributed by atoms with van der Waals surface area (Å²) in [5.74, 6) is 0. The zero-order valence-corrected chi connectivity index (χ0v) is 6.39. The topological polar surface area (TPSA) is 9.23 Å². The van der Waals surface area contributed by atoms with Crippen LogP contribution in [0.4, 0.5) is 0 Å². The van der Waals surface area contributed by atoms with Gasteiger partial charge in [-0.05, 0) is 19.8 Å². The van der Waals surface area contributed by atoms with Crippen LogP contribution in [-0.2, 0) is 4.74 Å². The van der Waals surface area contributed by atoms with Crippen molar-refractivity contribution in [2.24, 2.45) is 0 Å². The Labute approximate surface area is 57.7 Å². The Morgan fingerprint density at radius 1 is 1.33 bits per heavy atom. The Bertz CT molecular complexity index is 67.0. The molecule has 0 unspecified atom stereocenters. The molecule has 0 aliphatic rings. The van der Waals surface area contributed by atoms with Gasteiger partial charge in [0.15, 0.2) is 0 Å². The molecule has 1 heteroatoms. The second-order valence-corrected chi connectivity index (χ2v) is 1.97. The van der Waals surface area contributed by atoms with E-state index in [2.05, 4.69) is 19.1 Å². The summed E-state index contributed by atoms with van der Waals surface area (Å²) < 4.78 is 5.23. The van der Waals surface area contributed by atoms with Gasteiger partial charge in [-0.3, -0.25) is 0 Å². The van der Waals surface area contributed by atoms with Crippen LogP contribution in [0.25, 0.3) is 0 Å². The maximum Gasteiger partial charge on any atom is 0.0500 e. The summed E-state index contributed by atoms with van der Waals surface area (Å²) in [6, 6.07) is 0. The van der Waals surface area contributed by atoms with Crippen molar-refractivity contribution < 1.29 is 4.74 Å². The zero-order valence-electron chi connectivity index (χ0n) is 6.39. The second-order valence-electron chi connectivity index (χ2n) is 1.97. The molecule has 0 atom stereocenters. The summed E-state index contributed by atoms with van der Waals surface area (Å²) in [5, 5.41) is 0. The van der Waals surface area contributed by atoms with Gasteiger partial charge in [-0.1, -0.05) is 19.1 Å². The molecule has 0 aromatic heterocycles. The SMILES string of the molecule is C/C=C\CCOCCC. The van der Waals surface area contributed by atoms with Crippen molar-refractivity contribution >= 4 is 0 Å². The van der Waals surface area contributed by atoms with Gasteiger partial charge in [-0.15, -0.1) is 0 Å². The van der Waals surface area contributed by atoms with Crippen LogP contribution >= 0.6 is 0 Å². The summed E-state index contributed by atoms with van der Waals surface area (Å²) in [5.41, 5.74) is 0. The Morgan fingerprint density at radius 3 is 2.67 bits per heavy atom. The van der Waals surface area contributed by atoms with E-state index in [1.165, 1.54) is 0 Å². The molecule has 9 heavy (non-hydrogen) atoms. The van der Waals surface area contributed by atoms with E-state index in [1.54, 1.807) is 0 Å². The van der Waals surface area contributed by atoms with E-state index < -0.39 is 0 Å². The van der Waals surface area contributed by atoms with Gasteiger partial charge >= 0.3 is 0 Å². The van der Waals surface area contributed by atoms with E-state index in [1.807, 2.05) is 6.92 Å². The van der Waals surface area contributed by atoms with Gasteiger partial charge in [0.25, 0.3) is 0 Å². The van der Waals surface area contributed by atoms with Crippen LogP contribution in [-0.4, -0.2) is 13.2 Å². The van der Waals surface area contributed by atoms with E-state index >= 15 is 0 Å². The van der Waals surface area contributed by atoms with Gasteiger partial charge in [-0.25, -0.2) is 0 Å². The highest BCUT2D eigenvalue weighted by atomic mass is 16.5. The van der Waals surface area contributed by atoms with Crippen molar-refractivity contribution in [1.29, 1.82) is 0 Å². The molecule has 0 fully saturated rings. The minimum atomic E-state index is 0.873. The fourth-order valence-corrected chi connectivity index (χ4v) is 0.564. The summed E-state index contributed by atoms with van der Waals surface area (Å²) in [6.07, 6.45) is 6.34. The van der Waals surface area contributed by atoms with E-state index in [-0.39, 0.29) is 0 Å². The van der Waals surface area contributed by atoms with Crippen molar-refractivity contribution in [3.63, 3.8) is 0 Å². The second kappa shape index (κ2) is 7.70. The lowest BCUT2D eigenvalue weighted by molar-refractivity contribution is 0.139. The third-order valence-electron chi connectivity index (χ3n) is 1.01. The van der Waals surface area contributed by atoms with Crippen molar-refractivity contribution in [3.8, 4) is 0 Å². The maximum atomic E-state index is 5.23. The Morgan fingerprint density at radius 2 is 2.11 bits per heavy atom. The average molecular weight is 128 g/mol. The van der Waals surface area contributed by atoms with Crippen LogP contribution in [0.5, 0.6) is 0 Å². The molecule has 0 bridgehead atoms. The first-order chi connectivity index (χ1) is 4.41. The third kappa shape index (κ3) is 7.70. The lowest BCUT2D eigenvalue weighted by Crippen LogP contribution is -1.93. The van der Waals surface area contributed by atoms with Crippen LogP contribution in [0.1, 0.15) is 26.7 Å². The van der Waals surface area contributed by atoms with Crippen LogP contribution in [0.2, 0.25) is 0 Å². The highest BCUT2D eigenvalue weighted by Gasteiger charge is 1.80. The Hall–Kier alpha value is -0.300. The van der Waals surface area contributed by atoms with Gasteiger partial charge in [0.2, 0.25) is 0 Å². The monoisotopic (exact) mass is 128 g/mol. The van der Waals surface area contributed by atoms with Gasteiger partial charge in [-0.2, -0.15) is 0 Å². The molecule has 1 nitrogen and oxygen atoms in total. The molecule has 54 valence electrons. The van der Waals surface area contributed by atoms with Crippen LogP contribution in [0.15, 0.2) is 12.2 Å². The fourth-order valence-electron chi connectivity index (χ4n) is 0.564. The molecule has 0 saturated heterocycles. The Balaban J connectivity index is 2.75. The first-order valence-electron chi connectivity index (χ1n) is 3.60.